The first-order chi connectivity index (χ1) is 34.5. The predicted octanol–water partition coefficient (Wildman–Crippen LogP) is 19.1. The number of hydrogen-bond donors (Lipinski definition) is 0. The molecule has 0 unspecified atom stereocenters. The number of aryl methyl sites for hydroxylation is 10. The number of rotatable bonds is 9. The molecule has 0 amide bonds. The minimum Gasteiger partial charge on any atom is -0.310 e. The van der Waals surface area contributed by atoms with Crippen LogP contribution in [0.15, 0.2) is 164 Å². The van der Waals surface area contributed by atoms with Gasteiger partial charge in [-0.3, -0.25) is 0 Å². The number of para-hydroxylation sites is 1. The molecule has 0 bridgehead atoms. The summed E-state index contributed by atoms with van der Waals surface area (Å²) in [5.41, 5.74) is 32.7. The Bertz CT molecular complexity index is 3280. The Kier molecular flexibility index (Phi) is 12.4. The zero-order valence-corrected chi connectivity index (χ0v) is 44.9. The third kappa shape index (κ3) is 7.73. The molecule has 72 heavy (non-hydrogen) atoms. The summed E-state index contributed by atoms with van der Waals surface area (Å²) in [6.07, 6.45) is 0. The average molecular weight is 940 g/mol. The second-order valence-corrected chi connectivity index (χ2v) is 20.9. The van der Waals surface area contributed by atoms with Gasteiger partial charge in [-0.2, -0.15) is 0 Å². The maximum atomic E-state index is 2.53. The van der Waals surface area contributed by atoms with Crippen molar-refractivity contribution in [2.45, 2.75) is 102 Å². The maximum Gasteiger partial charge on any atom is 0.0742 e. The lowest BCUT2D eigenvalue weighted by molar-refractivity contribution is 0.730. The number of anilines is 9. The highest BCUT2D eigenvalue weighted by Gasteiger charge is 2.47. The monoisotopic (exact) mass is 940 g/mol. The van der Waals surface area contributed by atoms with E-state index in [-0.39, 0.29) is 0 Å². The lowest BCUT2D eigenvalue weighted by Crippen LogP contribution is -2.38. The van der Waals surface area contributed by atoms with Gasteiger partial charge in [-0.05, 0) is 234 Å². The summed E-state index contributed by atoms with van der Waals surface area (Å²) in [5.74, 6) is 0. The van der Waals surface area contributed by atoms with Gasteiger partial charge < -0.3 is 14.7 Å². The first-order valence-corrected chi connectivity index (χ1v) is 25.7. The van der Waals surface area contributed by atoms with Crippen LogP contribution < -0.4 is 14.7 Å². The van der Waals surface area contributed by atoms with Crippen LogP contribution in [0.4, 0.5) is 51.2 Å². The van der Waals surface area contributed by atoms with E-state index in [2.05, 4.69) is 275 Å². The molecule has 0 fully saturated rings. The van der Waals surface area contributed by atoms with E-state index in [1.54, 1.807) is 0 Å². The summed E-state index contributed by atoms with van der Waals surface area (Å²) in [5, 5.41) is 0. The van der Waals surface area contributed by atoms with Crippen LogP contribution in [0.1, 0.15) is 100 Å². The molecular weight excluding hydrogens is 871 g/mol. The van der Waals surface area contributed by atoms with E-state index in [9.17, 15) is 0 Å². The van der Waals surface area contributed by atoms with Gasteiger partial charge in [-0.25, -0.2) is 0 Å². The van der Waals surface area contributed by atoms with Crippen LogP contribution in [0.5, 0.6) is 0 Å². The first kappa shape index (κ1) is 48.0. The molecule has 0 radical (unpaired) electrons. The Labute approximate surface area is 430 Å². The largest absolute Gasteiger partial charge is 0.310 e. The van der Waals surface area contributed by atoms with Crippen molar-refractivity contribution in [2.75, 3.05) is 14.7 Å². The Balaban J connectivity index is 1.26. The highest BCUT2D eigenvalue weighted by atomic mass is 15.2. The number of nitrogens with zero attached hydrogens (tertiary/aromatic N) is 3. The maximum absolute atomic E-state index is 2.53. The average Bonchev–Trinajstić information content (AvgIpc) is 3.37. The fourth-order valence-electron chi connectivity index (χ4n) is 11.7. The van der Waals surface area contributed by atoms with Crippen LogP contribution in [0.3, 0.4) is 0 Å². The third-order valence-corrected chi connectivity index (χ3v) is 16.3. The quantitative estimate of drug-likeness (QED) is 0.143. The minimum atomic E-state index is -0.708. The van der Waals surface area contributed by atoms with Gasteiger partial charge in [0.2, 0.25) is 0 Å². The number of benzene rings is 9. The van der Waals surface area contributed by atoms with Gasteiger partial charge in [0.05, 0.1) is 39.5 Å². The van der Waals surface area contributed by atoms with Gasteiger partial charge in [-0.1, -0.05) is 126 Å². The molecule has 0 aliphatic carbocycles. The molecule has 10 rings (SSSR count). The van der Waals surface area contributed by atoms with E-state index in [4.69, 9.17) is 0 Å². The number of hydrogen-bond acceptors (Lipinski definition) is 3. The predicted molar refractivity (Wildman–Crippen MR) is 309 cm³/mol. The van der Waals surface area contributed by atoms with Crippen molar-refractivity contribution in [3.05, 3.63) is 264 Å². The summed E-state index contributed by atoms with van der Waals surface area (Å²) in [4.78, 5) is 7.55. The van der Waals surface area contributed by atoms with Crippen LogP contribution in [0.25, 0.3) is 0 Å². The van der Waals surface area contributed by atoms with E-state index >= 15 is 0 Å². The second-order valence-electron chi connectivity index (χ2n) is 20.9. The fraction of sp³-hybridized carbons (Fsp3) is 0.217. The molecule has 1 heterocycles. The lowest BCUT2D eigenvalue weighted by Gasteiger charge is -2.47. The summed E-state index contributed by atoms with van der Waals surface area (Å²) in [6.45, 7) is 31.5. The van der Waals surface area contributed by atoms with Gasteiger partial charge in [0.15, 0.2) is 0 Å². The molecule has 9 aromatic carbocycles. The second kappa shape index (κ2) is 18.5. The molecule has 0 aromatic heterocycles. The molecule has 0 saturated heterocycles. The van der Waals surface area contributed by atoms with Crippen molar-refractivity contribution in [1.29, 1.82) is 0 Å². The third-order valence-electron chi connectivity index (χ3n) is 16.3. The first-order valence-electron chi connectivity index (χ1n) is 25.7. The molecule has 0 saturated carbocycles. The molecule has 3 nitrogen and oxygen atoms in total. The van der Waals surface area contributed by atoms with E-state index in [1.165, 1.54) is 134 Å². The molecule has 0 N–H and O–H groups in total. The molecule has 360 valence electrons. The molecular formula is C69H69N3. The molecule has 3 heteroatoms. The molecule has 0 spiro atoms. The van der Waals surface area contributed by atoms with E-state index in [1.807, 2.05) is 0 Å². The Morgan fingerprint density at radius 1 is 0.306 bits per heavy atom. The zero-order valence-electron chi connectivity index (χ0n) is 44.9. The molecule has 1 aliphatic heterocycles. The van der Waals surface area contributed by atoms with Crippen molar-refractivity contribution in [1.82, 2.24) is 0 Å². The Hall–Kier alpha value is -7.62. The van der Waals surface area contributed by atoms with Crippen molar-refractivity contribution < 1.29 is 0 Å². The Morgan fingerprint density at radius 2 is 0.653 bits per heavy atom. The molecule has 0 atom stereocenters. The van der Waals surface area contributed by atoms with E-state index in [0.29, 0.717) is 0 Å². The van der Waals surface area contributed by atoms with Crippen molar-refractivity contribution in [3.63, 3.8) is 0 Å². The van der Waals surface area contributed by atoms with Gasteiger partial charge in [-0.15, -0.1) is 0 Å². The van der Waals surface area contributed by atoms with Crippen LogP contribution in [-0.4, -0.2) is 0 Å². The topological polar surface area (TPSA) is 9.72 Å². The standard InChI is InChI=1S/C69H69N3/c1-42-19-34-58(35-20-42)70-63-18-16-15-17-61(63)69(62-41-43(2)21-40-64(62)70,56-30-36-59(37-31-56)71(65-48(7)26-22-44(3)52(65)11)66-49(8)27-23-45(4)53(66)12)57-32-38-60(39-33-57)72(67-50(9)28-24-46(5)54(67)13)68-51(10)29-25-47(6)55(68)14/h15-41H,1-14H3. The van der Waals surface area contributed by atoms with Crippen LogP contribution in [0.2, 0.25) is 0 Å². The van der Waals surface area contributed by atoms with Gasteiger partial charge in [0.1, 0.15) is 0 Å². The summed E-state index contributed by atoms with van der Waals surface area (Å²) in [7, 11) is 0. The van der Waals surface area contributed by atoms with E-state index in [0.717, 1.165) is 17.1 Å². The zero-order chi connectivity index (χ0) is 50.9. The van der Waals surface area contributed by atoms with E-state index < -0.39 is 5.41 Å². The van der Waals surface area contributed by atoms with Crippen molar-refractivity contribution in [3.8, 4) is 0 Å². The lowest BCUT2D eigenvalue weighted by atomic mass is 9.62. The summed E-state index contributed by atoms with van der Waals surface area (Å²) >= 11 is 0. The van der Waals surface area contributed by atoms with Crippen molar-refractivity contribution >= 4 is 51.2 Å². The van der Waals surface area contributed by atoms with Gasteiger partial charge >= 0.3 is 0 Å². The number of fused-ring (bicyclic) bond motifs is 2. The normalized spacial score (nSPS) is 12.7. The van der Waals surface area contributed by atoms with Crippen LogP contribution in [-0.2, 0) is 5.41 Å². The smallest absolute Gasteiger partial charge is 0.0742 e. The molecule has 1 aliphatic rings. The Morgan fingerprint density at radius 3 is 1.06 bits per heavy atom. The van der Waals surface area contributed by atoms with Crippen LogP contribution >= 0.6 is 0 Å². The van der Waals surface area contributed by atoms with Crippen molar-refractivity contribution in [2.24, 2.45) is 0 Å². The minimum absolute atomic E-state index is 0.708. The molecule has 9 aromatic rings. The highest BCUT2D eigenvalue weighted by molar-refractivity contribution is 5.91. The summed E-state index contributed by atoms with van der Waals surface area (Å²) in [6, 6.07) is 62.5. The summed E-state index contributed by atoms with van der Waals surface area (Å²) < 4.78 is 0. The fourth-order valence-corrected chi connectivity index (χ4v) is 11.7. The van der Waals surface area contributed by atoms with Gasteiger partial charge in [0, 0.05) is 17.1 Å². The van der Waals surface area contributed by atoms with Gasteiger partial charge in [0.25, 0.3) is 0 Å². The SMILES string of the molecule is Cc1ccc(N2c3ccccc3C(c3ccc(N(c4c(C)ccc(C)c4C)c4c(C)ccc(C)c4C)cc3)(c3ccc(N(c4c(C)ccc(C)c4C)c4c(C)ccc(C)c4C)cc3)c3cc(C)ccc32)cc1. The highest BCUT2D eigenvalue weighted by Crippen LogP contribution is 2.59. The van der Waals surface area contributed by atoms with Crippen LogP contribution in [0, 0.1) is 96.9 Å².